The largest absolute Gasteiger partial charge is 0.296 e. The molecule has 54 valence electrons. The zero-order chi connectivity index (χ0) is 7.14. The Morgan fingerprint density at radius 3 is 2.10 bits per heavy atom. The number of imide groups is 1. The monoisotopic (exact) mass is 139 g/mol. The van der Waals surface area contributed by atoms with Crippen molar-refractivity contribution in [2.75, 3.05) is 0 Å². The van der Waals surface area contributed by atoms with Crippen molar-refractivity contribution in [1.82, 2.24) is 5.32 Å². The van der Waals surface area contributed by atoms with Crippen LogP contribution in [0.2, 0.25) is 0 Å². The van der Waals surface area contributed by atoms with Gasteiger partial charge < -0.3 is 0 Å². The average molecular weight is 139 g/mol. The topological polar surface area (TPSA) is 46.2 Å². The number of piperidine rings is 1. The van der Waals surface area contributed by atoms with Gasteiger partial charge in [0.1, 0.15) is 0 Å². The Morgan fingerprint density at radius 1 is 1.10 bits per heavy atom. The van der Waals surface area contributed by atoms with E-state index in [0.717, 1.165) is 19.3 Å². The Balaban J connectivity index is 2.24. The van der Waals surface area contributed by atoms with E-state index in [4.69, 9.17) is 0 Å². The van der Waals surface area contributed by atoms with Crippen LogP contribution in [0.3, 0.4) is 0 Å². The van der Waals surface area contributed by atoms with Crippen LogP contribution in [0.1, 0.15) is 19.3 Å². The molecule has 0 aromatic carbocycles. The predicted molar refractivity (Wildman–Crippen MR) is 34.0 cm³/mol. The van der Waals surface area contributed by atoms with Gasteiger partial charge in [0.2, 0.25) is 11.8 Å². The number of hydrogen-bond acceptors (Lipinski definition) is 2. The quantitative estimate of drug-likeness (QED) is 0.482. The Bertz CT molecular complexity index is 180. The van der Waals surface area contributed by atoms with Crippen LogP contribution in [-0.4, -0.2) is 11.8 Å². The molecule has 1 aliphatic heterocycles. The van der Waals surface area contributed by atoms with E-state index in [1.807, 2.05) is 0 Å². The third-order valence-electron chi connectivity index (χ3n) is 2.42. The fourth-order valence-corrected chi connectivity index (χ4v) is 1.78. The van der Waals surface area contributed by atoms with E-state index in [1.165, 1.54) is 0 Å². The maximum absolute atomic E-state index is 10.9. The molecule has 0 radical (unpaired) electrons. The minimum absolute atomic E-state index is 0.0567. The van der Waals surface area contributed by atoms with Crippen molar-refractivity contribution < 1.29 is 9.59 Å². The highest BCUT2D eigenvalue weighted by Gasteiger charge is 2.39. The molecule has 2 bridgehead atoms. The van der Waals surface area contributed by atoms with E-state index in [-0.39, 0.29) is 23.7 Å². The third kappa shape index (κ3) is 0.664. The summed E-state index contributed by atoms with van der Waals surface area (Å²) in [5.74, 6) is 0.169. The molecule has 1 saturated heterocycles. The van der Waals surface area contributed by atoms with Crippen molar-refractivity contribution in [1.29, 1.82) is 0 Å². The molecule has 2 aliphatic rings. The van der Waals surface area contributed by atoms with Crippen molar-refractivity contribution in [3.05, 3.63) is 0 Å². The van der Waals surface area contributed by atoms with Gasteiger partial charge in [-0.2, -0.15) is 0 Å². The highest BCUT2D eigenvalue weighted by Crippen LogP contribution is 2.33. The molecule has 0 spiro atoms. The van der Waals surface area contributed by atoms with Crippen LogP contribution in [0.5, 0.6) is 0 Å². The molecule has 2 rings (SSSR count). The number of amides is 2. The molecule has 1 heterocycles. The fourth-order valence-electron chi connectivity index (χ4n) is 1.78. The zero-order valence-electron chi connectivity index (χ0n) is 5.59. The summed E-state index contributed by atoms with van der Waals surface area (Å²) in [6.07, 6.45) is 2.61. The molecule has 1 saturated carbocycles. The van der Waals surface area contributed by atoms with Gasteiger partial charge in [-0.1, -0.05) is 0 Å². The van der Waals surface area contributed by atoms with Crippen LogP contribution in [0.4, 0.5) is 0 Å². The average Bonchev–Trinajstić information content (AvgIpc) is 2.28. The Labute approximate surface area is 58.8 Å². The van der Waals surface area contributed by atoms with Crippen LogP contribution < -0.4 is 5.32 Å². The summed E-state index contributed by atoms with van der Waals surface area (Å²) in [7, 11) is 0. The van der Waals surface area contributed by atoms with Gasteiger partial charge in [-0.15, -0.1) is 0 Å². The van der Waals surface area contributed by atoms with Gasteiger partial charge in [0, 0.05) is 11.8 Å². The summed E-state index contributed by atoms with van der Waals surface area (Å²) in [4.78, 5) is 21.9. The number of carbonyl (C=O) groups is 2. The van der Waals surface area contributed by atoms with Crippen LogP contribution in [0.25, 0.3) is 0 Å². The number of hydrogen-bond donors (Lipinski definition) is 1. The SMILES string of the molecule is O=C1NC(=O)[C@H]2CC[C@H]1C2. The lowest BCUT2D eigenvalue weighted by Gasteiger charge is -2.16. The van der Waals surface area contributed by atoms with E-state index in [9.17, 15) is 9.59 Å². The number of nitrogens with one attached hydrogen (secondary N) is 1. The normalized spacial score (nSPS) is 38.0. The Morgan fingerprint density at radius 2 is 1.60 bits per heavy atom. The van der Waals surface area contributed by atoms with Crippen LogP contribution in [0, 0.1) is 11.8 Å². The third-order valence-corrected chi connectivity index (χ3v) is 2.42. The van der Waals surface area contributed by atoms with Gasteiger partial charge in [-0.3, -0.25) is 14.9 Å². The molecule has 10 heavy (non-hydrogen) atoms. The van der Waals surface area contributed by atoms with Crippen LogP contribution in [-0.2, 0) is 9.59 Å². The second-order valence-corrected chi connectivity index (χ2v) is 3.06. The molecular formula is C7H9NO2. The highest BCUT2D eigenvalue weighted by atomic mass is 16.2. The lowest BCUT2D eigenvalue weighted by atomic mass is 9.99. The Kier molecular flexibility index (Phi) is 1.07. The molecule has 1 aliphatic carbocycles. The molecular weight excluding hydrogens is 130 g/mol. The second kappa shape index (κ2) is 1.81. The second-order valence-electron chi connectivity index (χ2n) is 3.06. The van der Waals surface area contributed by atoms with E-state index in [0.29, 0.717) is 0 Å². The first-order valence-corrected chi connectivity index (χ1v) is 3.62. The minimum Gasteiger partial charge on any atom is -0.296 e. The molecule has 0 unspecified atom stereocenters. The summed E-state index contributed by atoms with van der Waals surface area (Å²) in [5.41, 5.74) is 0. The Hall–Kier alpha value is -0.860. The molecule has 0 aromatic rings. The summed E-state index contributed by atoms with van der Waals surface area (Å²) in [6, 6.07) is 0. The van der Waals surface area contributed by atoms with Crippen LogP contribution in [0.15, 0.2) is 0 Å². The minimum atomic E-state index is -0.0567. The first-order valence-electron chi connectivity index (χ1n) is 3.62. The summed E-state index contributed by atoms with van der Waals surface area (Å²) in [6.45, 7) is 0. The van der Waals surface area contributed by atoms with Gasteiger partial charge in [-0.05, 0) is 19.3 Å². The summed E-state index contributed by atoms with van der Waals surface area (Å²) < 4.78 is 0. The van der Waals surface area contributed by atoms with Gasteiger partial charge in [-0.25, -0.2) is 0 Å². The van der Waals surface area contributed by atoms with Gasteiger partial charge in [0.25, 0.3) is 0 Å². The molecule has 3 nitrogen and oxygen atoms in total. The lowest BCUT2D eigenvalue weighted by molar-refractivity contribution is -0.137. The van der Waals surface area contributed by atoms with E-state index < -0.39 is 0 Å². The van der Waals surface area contributed by atoms with Gasteiger partial charge in [0.05, 0.1) is 0 Å². The summed E-state index contributed by atoms with van der Waals surface area (Å²) in [5, 5.41) is 2.36. The summed E-state index contributed by atoms with van der Waals surface area (Å²) >= 11 is 0. The first-order chi connectivity index (χ1) is 4.77. The highest BCUT2D eigenvalue weighted by molar-refractivity contribution is 6.00. The molecule has 0 aromatic heterocycles. The molecule has 1 N–H and O–H groups in total. The van der Waals surface area contributed by atoms with Crippen molar-refractivity contribution in [3.63, 3.8) is 0 Å². The molecule has 2 amide bonds. The van der Waals surface area contributed by atoms with Gasteiger partial charge >= 0.3 is 0 Å². The number of fused-ring (bicyclic) bond motifs is 2. The van der Waals surface area contributed by atoms with Crippen molar-refractivity contribution in [3.8, 4) is 0 Å². The molecule has 2 atom stereocenters. The van der Waals surface area contributed by atoms with Crippen molar-refractivity contribution in [2.45, 2.75) is 19.3 Å². The van der Waals surface area contributed by atoms with Gasteiger partial charge in [0.15, 0.2) is 0 Å². The number of carbonyl (C=O) groups excluding carboxylic acids is 2. The number of rotatable bonds is 0. The van der Waals surface area contributed by atoms with E-state index in [1.54, 1.807) is 0 Å². The van der Waals surface area contributed by atoms with E-state index in [2.05, 4.69) is 5.32 Å². The zero-order valence-corrected chi connectivity index (χ0v) is 5.59. The van der Waals surface area contributed by atoms with Crippen LogP contribution >= 0.6 is 0 Å². The maximum Gasteiger partial charge on any atom is 0.229 e. The fraction of sp³-hybridized carbons (Fsp3) is 0.714. The van der Waals surface area contributed by atoms with E-state index >= 15 is 0 Å². The predicted octanol–water partition coefficient (Wildman–Crippen LogP) is 0.0591. The van der Waals surface area contributed by atoms with Crippen molar-refractivity contribution >= 4 is 11.8 Å². The molecule has 2 fully saturated rings. The first kappa shape index (κ1) is 5.89. The smallest absolute Gasteiger partial charge is 0.229 e. The molecule has 3 heteroatoms. The standard InChI is InChI=1S/C7H9NO2/c9-6-4-1-2-5(3-4)7(10)8-6/h4-5H,1-3H2,(H,8,9,10)/t4-,5-/m0/s1. The maximum atomic E-state index is 10.9. The van der Waals surface area contributed by atoms with Crippen molar-refractivity contribution in [2.24, 2.45) is 11.8 Å². The lowest BCUT2D eigenvalue weighted by Crippen LogP contribution is -2.41.